The number of nitrogens with zero attached hydrogens (tertiary/aromatic N) is 3. The molecule has 0 saturated carbocycles. The highest BCUT2D eigenvalue weighted by atomic mass is 33.4. The fourth-order valence-corrected chi connectivity index (χ4v) is 13.9. The Balaban J connectivity index is 1.64. The van der Waals surface area contributed by atoms with Gasteiger partial charge in [-0.1, -0.05) is 43.5 Å². The minimum Gasteiger partial charge on any atom is -0.480 e. The molecule has 3 N–H and O–H groups in total. The molecule has 0 amide bonds. The lowest BCUT2D eigenvalue weighted by Gasteiger charge is -2.37. The SMILES string of the molecule is CC(C)(C)[Si](C)(C)OC[C@H]1O[C@@H](n2cnc3c(=O)[nH]c(O)nc32)[C@H](O)[C@@H]1O[P]1(S)SCCS1. The molecule has 2 aromatic rings. The van der Waals surface area contributed by atoms with Gasteiger partial charge in [-0.05, 0) is 18.1 Å². The highest BCUT2D eigenvalue weighted by molar-refractivity contribution is 9.15. The summed E-state index contributed by atoms with van der Waals surface area (Å²) in [5.74, 6) is 1.89. The van der Waals surface area contributed by atoms with Crippen molar-refractivity contribution in [3.8, 4) is 6.01 Å². The third-order valence-corrected chi connectivity index (χ3v) is 20.8. The van der Waals surface area contributed by atoms with Crippen molar-refractivity contribution in [2.24, 2.45) is 0 Å². The van der Waals surface area contributed by atoms with Crippen LogP contribution in [-0.2, 0) is 13.7 Å². The number of hydrogen-bond donors (Lipinski definition) is 4. The van der Waals surface area contributed by atoms with Gasteiger partial charge < -0.3 is 23.9 Å². The van der Waals surface area contributed by atoms with Crippen LogP contribution < -0.4 is 5.56 Å². The number of ether oxygens (including phenoxy) is 1. The first-order chi connectivity index (χ1) is 15.3. The van der Waals surface area contributed by atoms with E-state index in [2.05, 4.69) is 48.8 Å². The first-order valence-corrected chi connectivity index (χ1v) is 19.5. The van der Waals surface area contributed by atoms with Crippen LogP contribution in [-0.4, -0.2) is 74.5 Å². The summed E-state index contributed by atoms with van der Waals surface area (Å²) in [5, 5.41) is 19.0. The van der Waals surface area contributed by atoms with Crippen molar-refractivity contribution in [1.82, 2.24) is 19.5 Å². The van der Waals surface area contributed by atoms with Gasteiger partial charge in [0.2, 0.25) is 0 Å². The maximum Gasteiger partial charge on any atom is 0.296 e. The molecular formula is C18H30N4O6PS3Si. The third kappa shape index (κ3) is 5.14. The molecule has 0 aliphatic carbocycles. The number of nitrogens with one attached hydrogen (secondary N) is 1. The highest BCUT2D eigenvalue weighted by Gasteiger charge is 2.51. The predicted octanol–water partition coefficient (Wildman–Crippen LogP) is 3.58. The van der Waals surface area contributed by atoms with Crippen LogP contribution in [0.4, 0.5) is 0 Å². The molecule has 10 nitrogen and oxygen atoms in total. The molecule has 0 spiro atoms. The topological polar surface area (TPSA) is 132 Å². The Morgan fingerprint density at radius 2 is 2.06 bits per heavy atom. The summed E-state index contributed by atoms with van der Waals surface area (Å²) in [5.41, 5.74) is -0.416. The van der Waals surface area contributed by atoms with Crippen LogP contribution in [0.15, 0.2) is 11.1 Å². The minimum atomic E-state index is -2.10. The zero-order valence-electron chi connectivity index (χ0n) is 19.1. The lowest BCUT2D eigenvalue weighted by Crippen LogP contribution is -2.45. The zero-order chi connectivity index (χ0) is 24.2. The second kappa shape index (κ2) is 9.29. The van der Waals surface area contributed by atoms with E-state index in [0.717, 1.165) is 11.5 Å². The van der Waals surface area contributed by atoms with Crippen molar-refractivity contribution in [2.75, 3.05) is 18.1 Å². The van der Waals surface area contributed by atoms with Gasteiger partial charge in [-0.25, -0.2) is 4.98 Å². The molecule has 2 aliphatic rings. The number of H-pyrrole nitrogens is 1. The molecule has 4 atom stereocenters. The molecule has 0 aromatic carbocycles. The van der Waals surface area contributed by atoms with Gasteiger partial charge in [0.1, 0.15) is 23.4 Å². The number of thiol groups is 1. The van der Waals surface area contributed by atoms with Crippen molar-refractivity contribution >= 4 is 59.6 Å². The Labute approximate surface area is 206 Å². The van der Waals surface area contributed by atoms with Gasteiger partial charge in [0.05, 0.1) is 12.9 Å². The van der Waals surface area contributed by atoms with Crippen molar-refractivity contribution in [2.45, 2.75) is 63.4 Å². The van der Waals surface area contributed by atoms with Crippen LogP contribution in [0, 0.1) is 0 Å². The first-order valence-electron chi connectivity index (χ1n) is 10.5. The second-order valence-electron chi connectivity index (χ2n) is 9.55. The maximum absolute atomic E-state index is 12.1. The largest absolute Gasteiger partial charge is 0.480 e. The Hall–Kier alpha value is -0.313. The third-order valence-electron chi connectivity index (χ3n) is 6.27. The number of aromatic amines is 1. The Kier molecular flexibility index (Phi) is 7.25. The van der Waals surface area contributed by atoms with Crippen LogP contribution in [0.25, 0.3) is 11.2 Å². The molecule has 185 valence electrons. The van der Waals surface area contributed by atoms with E-state index in [4.69, 9.17) is 25.9 Å². The predicted molar refractivity (Wildman–Crippen MR) is 139 cm³/mol. The number of aliphatic hydroxyl groups excluding tert-OH is 1. The molecule has 2 aromatic heterocycles. The molecular weight excluding hydrogens is 523 g/mol. The fourth-order valence-electron chi connectivity index (χ4n) is 3.38. The number of aromatic nitrogens is 4. The number of hydrogen-bond acceptors (Lipinski definition) is 11. The average molecular weight is 554 g/mol. The average Bonchev–Trinajstić information content (AvgIpc) is 3.39. The van der Waals surface area contributed by atoms with Crippen LogP contribution in [0.1, 0.15) is 27.0 Å². The van der Waals surface area contributed by atoms with E-state index in [0.29, 0.717) is 0 Å². The molecule has 0 unspecified atom stereocenters. The van der Waals surface area contributed by atoms with E-state index in [1.165, 1.54) is 10.9 Å². The summed E-state index contributed by atoms with van der Waals surface area (Å²) in [6.07, 6.45) is -1.86. The van der Waals surface area contributed by atoms with Crippen molar-refractivity contribution < 1.29 is 23.9 Å². The molecule has 4 heterocycles. The lowest BCUT2D eigenvalue weighted by atomic mass is 10.1. The molecule has 15 heteroatoms. The Bertz CT molecular complexity index is 1070. The van der Waals surface area contributed by atoms with E-state index in [1.807, 2.05) is 0 Å². The van der Waals surface area contributed by atoms with Gasteiger partial charge in [-0.2, -0.15) is 4.98 Å². The number of rotatable bonds is 6. The second-order valence-corrected chi connectivity index (χ2v) is 25.5. The molecule has 1 radical (unpaired) electrons. The summed E-state index contributed by atoms with van der Waals surface area (Å²) in [6, 6.07) is -0.536. The number of fused-ring (bicyclic) bond motifs is 1. The van der Waals surface area contributed by atoms with E-state index in [9.17, 15) is 15.0 Å². The highest BCUT2D eigenvalue weighted by Crippen LogP contribution is 2.87. The van der Waals surface area contributed by atoms with Crippen LogP contribution >= 0.6 is 40.1 Å². The molecule has 2 saturated heterocycles. The standard InChI is InChI=1S/C18H30N4O6PS3Si/c1-18(2,3)33(4,5)26-8-10-13(28-29(30)31-6-7-32-29)12(23)16(27-10)22-9-19-11-14(22)20-17(25)21-15(11)24/h9-10,12-13,16,23,30H,6-8H2,1-5H3,(H2,20,21,24,25)/t10-,12-,13-,16-/m1/s1. The van der Waals surface area contributed by atoms with E-state index >= 15 is 0 Å². The van der Waals surface area contributed by atoms with Crippen molar-refractivity contribution in [3.05, 3.63) is 16.7 Å². The lowest BCUT2D eigenvalue weighted by molar-refractivity contribution is -0.0483. The van der Waals surface area contributed by atoms with Crippen LogP contribution in [0.3, 0.4) is 0 Å². The van der Waals surface area contributed by atoms with Gasteiger partial charge >= 0.3 is 0 Å². The molecule has 0 bridgehead atoms. The van der Waals surface area contributed by atoms with Gasteiger partial charge in [0, 0.05) is 11.5 Å². The monoisotopic (exact) mass is 553 g/mol. The van der Waals surface area contributed by atoms with Crippen molar-refractivity contribution in [1.29, 1.82) is 0 Å². The number of aromatic hydroxyl groups is 1. The first kappa shape index (κ1) is 25.8. The zero-order valence-corrected chi connectivity index (χ0v) is 23.5. The normalized spacial score (nSPS) is 28.1. The summed E-state index contributed by atoms with van der Waals surface area (Å²) < 4.78 is 20.5. The van der Waals surface area contributed by atoms with E-state index < -0.39 is 49.5 Å². The minimum absolute atomic E-state index is 0.0118. The Morgan fingerprint density at radius 3 is 2.70 bits per heavy atom. The number of aliphatic hydroxyl groups is 1. The fraction of sp³-hybridized carbons (Fsp3) is 0.722. The quantitative estimate of drug-likeness (QED) is 0.239. The molecule has 2 aliphatic heterocycles. The smallest absolute Gasteiger partial charge is 0.296 e. The van der Waals surface area contributed by atoms with E-state index in [1.54, 1.807) is 22.8 Å². The number of imidazole rings is 1. The summed E-state index contributed by atoms with van der Waals surface area (Å²) in [6.45, 7) is 11.0. The van der Waals surface area contributed by atoms with E-state index in [-0.39, 0.29) is 22.8 Å². The Morgan fingerprint density at radius 1 is 1.39 bits per heavy atom. The summed E-state index contributed by atoms with van der Waals surface area (Å²) >= 11 is 8.16. The molecule has 2 fully saturated rings. The maximum atomic E-state index is 12.1. The summed E-state index contributed by atoms with van der Waals surface area (Å²) in [4.78, 5) is 22.4. The summed E-state index contributed by atoms with van der Waals surface area (Å²) in [7, 11) is -2.08. The molecule has 33 heavy (non-hydrogen) atoms. The van der Waals surface area contributed by atoms with Gasteiger partial charge in [0.25, 0.3) is 11.6 Å². The van der Waals surface area contributed by atoms with Crippen LogP contribution in [0.5, 0.6) is 6.01 Å². The van der Waals surface area contributed by atoms with Crippen molar-refractivity contribution in [3.63, 3.8) is 0 Å². The van der Waals surface area contributed by atoms with Crippen LogP contribution in [0.2, 0.25) is 18.1 Å². The van der Waals surface area contributed by atoms with Gasteiger partial charge in [0.15, 0.2) is 25.7 Å². The molecule has 4 rings (SSSR count). The van der Waals surface area contributed by atoms with Gasteiger partial charge in [-0.15, -0.1) is 12.2 Å². The van der Waals surface area contributed by atoms with Gasteiger partial charge in [-0.3, -0.25) is 14.3 Å².